The molecule has 162 valence electrons. The Morgan fingerprint density at radius 1 is 1.30 bits per heavy atom. The van der Waals surface area contributed by atoms with Crippen molar-refractivity contribution in [2.24, 2.45) is 0 Å². The van der Waals surface area contributed by atoms with E-state index in [4.69, 9.17) is 16.3 Å². The Labute approximate surface area is 182 Å². The largest absolute Gasteiger partial charge is 0.495 e. The number of nitrogens with one attached hydrogen (secondary N) is 2. The van der Waals surface area contributed by atoms with Crippen LogP contribution >= 0.6 is 11.6 Å². The molecular weight excluding hydrogens is 404 g/mol. The van der Waals surface area contributed by atoms with Gasteiger partial charge < -0.3 is 20.5 Å². The molecule has 0 aliphatic carbocycles. The third-order valence-corrected chi connectivity index (χ3v) is 5.35. The molecule has 2 heterocycles. The number of hydrogen-bond donors (Lipinski definition) is 3. The van der Waals surface area contributed by atoms with Crippen LogP contribution in [0.1, 0.15) is 31.9 Å². The number of urea groups is 1. The fraction of sp³-hybridized carbons (Fsp3) is 0.455. The molecule has 1 saturated heterocycles. The number of ether oxygens (including phenoxy) is 1. The van der Waals surface area contributed by atoms with Crippen molar-refractivity contribution in [3.05, 3.63) is 53.3 Å². The van der Waals surface area contributed by atoms with Crippen LogP contribution in [0.2, 0.25) is 5.02 Å². The van der Waals surface area contributed by atoms with Crippen LogP contribution < -0.4 is 15.4 Å². The van der Waals surface area contributed by atoms with Gasteiger partial charge in [-0.1, -0.05) is 11.6 Å². The summed E-state index contributed by atoms with van der Waals surface area (Å²) in [5.41, 5.74) is 0.771. The number of pyridine rings is 1. The number of carbonyl (C=O) groups is 1. The quantitative estimate of drug-likeness (QED) is 0.650. The number of likely N-dealkylation sites (tertiary alicyclic amines) is 1. The summed E-state index contributed by atoms with van der Waals surface area (Å²) in [6, 6.07) is 10.4. The van der Waals surface area contributed by atoms with Gasteiger partial charge in [-0.2, -0.15) is 0 Å². The lowest BCUT2D eigenvalue weighted by Gasteiger charge is -2.40. The zero-order valence-corrected chi connectivity index (χ0v) is 18.3. The summed E-state index contributed by atoms with van der Waals surface area (Å²) >= 11 is 5.91. The lowest BCUT2D eigenvalue weighted by atomic mass is 9.88. The predicted octanol–water partition coefficient (Wildman–Crippen LogP) is 3.49. The van der Waals surface area contributed by atoms with Gasteiger partial charge in [-0.05, 0) is 56.7 Å². The number of piperidine rings is 1. The Hall–Kier alpha value is -2.35. The average molecular weight is 433 g/mol. The SMILES string of the molecule is COc1ccc(C2CN(CC(C)(C)O)CCC2NC(=O)Nc2ccc(Cl)cc2)nc1. The van der Waals surface area contributed by atoms with Crippen LogP contribution in [-0.2, 0) is 0 Å². The fourth-order valence-corrected chi connectivity index (χ4v) is 3.91. The molecule has 0 bridgehead atoms. The van der Waals surface area contributed by atoms with Crippen molar-refractivity contribution in [3.8, 4) is 5.75 Å². The number of hydrogen-bond acceptors (Lipinski definition) is 5. The van der Waals surface area contributed by atoms with Crippen LogP contribution in [0.3, 0.4) is 0 Å². The van der Waals surface area contributed by atoms with E-state index in [9.17, 15) is 9.90 Å². The monoisotopic (exact) mass is 432 g/mol. The third kappa shape index (κ3) is 6.32. The molecule has 1 aromatic heterocycles. The van der Waals surface area contributed by atoms with E-state index >= 15 is 0 Å². The minimum atomic E-state index is -0.788. The van der Waals surface area contributed by atoms with Crippen molar-refractivity contribution in [2.75, 3.05) is 32.1 Å². The highest BCUT2D eigenvalue weighted by Gasteiger charge is 2.34. The van der Waals surface area contributed by atoms with Gasteiger partial charge in [0, 0.05) is 48.0 Å². The van der Waals surface area contributed by atoms with E-state index < -0.39 is 5.60 Å². The molecule has 2 atom stereocenters. The minimum absolute atomic E-state index is 0.0111. The normalized spacial score (nSPS) is 19.9. The highest BCUT2D eigenvalue weighted by molar-refractivity contribution is 6.30. The Morgan fingerprint density at radius 3 is 2.63 bits per heavy atom. The zero-order chi connectivity index (χ0) is 21.7. The first-order valence-electron chi connectivity index (χ1n) is 10.0. The van der Waals surface area contributed by atoms with Crippen LogP contribution in [0.25, 0.3) is 0 Å². The average Bonchev–Trinajstić information content (AvgIpc) is 2.70. The number of rotatable bonds is 6. The van der Waals surface area contributed by atoms with Crippen molar-refractivity contribution in [2.45, 2.75) is 37.8 Å². The molecular formula is C22H29ClN4O3. The van der Waals surface area contributed by atoms with Gasteiger partial charge in [0.1, 0.15) is 5.75 Å². The Balaban J connectivity index is 1.72. The lowest BCUT2D eigenvalue weighted by Crippen LogP contribution is -2.53. The standard InChI is InChI=1S/C22H29ClN4O3/c1-22(2,29)14-27-11-10-20(18(13-27)19-9-8-17(30-3)12-24-19)26-21(28)25-16-6-4-15(23)5-7-16/h4-9,12,18,20,29H,10-11,13-14H2,1-3H3,(H2,25,26,28). The summed E-state index contributed by atoms with van der Waals surface area (Å²) in [6.45, 7) is 5.64. The molecule has 2 amide bonds. The van der Waals surface area contributed by atoms with Crippen LogP contribution in [0.5, 0.6) is 5.75 Å². The van der Waals surface area contributed by atoms with E-state index in [1.807, 2.05) is 12.1 Å². The number of aliphatic hydroxyl groups is 1. The number of carbonyl (C=O) groups excluding carboxylic acids is 1. The van der Waals surface area contributed by atoms with Gasteiger partial charge in [0.15, 0.2) is 0 Å². The first-order chi connectivity index (χ1) is 14.2. The molecule has 2 unspecified atom stereocenters. The first-order valence-corrected chi connectivity index (χ1v) is 10.4. The van der Waals surface area contributed by atoms with Crippen LogP contribution in [0.4, 0.5) is 10.5 Å². The number of nitrogens with zero attached hydrogens (tertiary/aromatic N) is 2. The van der Waals surface area contributed by atoms with E-state index in [1.165, 1.54) is 0 Å². The molecule has 1 fully saturated rings. The van der Waals surface area contributed by atoms with Gasteiger partial charge in [0.2, 0.25) is 0 Å². The van der Waals surface area contributed by atoms with E-state index in [0.29, 0.717) is 29.5 Å². The van der Waals surface area contributed by atoms with Gasteiger partial charge in [-0.15, -0.1) is 0 Å². The van der Waals surface area contributed by atoms with Gasteiger partial charge in [0.05, 0.1) is 18.9 Å². The molecule has 30 heavy (non-hydrogen) atoms. The molecule has 1 aromatic carbocycles. The fourth-order valence-electron chi connectivity index (χ4n) is 3.78. The molecule has 0 saturated carbocycles. The summed E-state index contributed by atoms with van der Waals surface area (Å²) in [7, 11) is 1.60. The van der Waals surface area contributed by atoms with Crippen molar-refractivity contribution < 1.29 is 14.6 Å². The molecule has 0 spiro atoms. The van der Waals surface area contributed by atoms with Crippen molar-refractivity contribution >= 4 is 23.3 Å². The predicted molar refractivity (Wildman–Crippen MR) is 118 cm³/mol. The number of benzene rings is 1. The molecule has 8 heteroatoms. The Kier molecular flexibility index (Phi) is 7.18. The Morgan fingerprint density at radius 2 is 2.03 bits per heavy atom. The summed E-state index contributed by atoms with van der Waals surface area (Å²) < 4.78 is 5.21. The molecule has 7 nitrogen and oxygen atoms in total. The lowest BCUT2D eigenvalue weighted by molar-refractivity contribution is 0.0233. The van der Waals surface area contributed by atoms with Crippen molar-refractivity contribution in [1.82, 2.24) is 15.2 Å². The third-order valence-electron chi connectivity index (χ3n) is 5.10. The molecule has 1 aliphatic rings. The summed E-state index contributed by atoms with van der Waals surface area (Å²) in [4.78, 5) is 19.4. The van der Waals surface area contributed by atoms with Crippen LogP contribution in [0.15, 0.2) is 42.6 Å². The second-order valence-electron chi connectivity index (χ2n) is 8.28. The molecule has 0 radical (unpaired) electrons. The number of halogens is 1. The molecule has 2 aromatic rings. The van der Waals surface area contributed by atoms with Gasteiger partial charge in [-0.3, -0.25) is 9.88 Å². The second kappa shape index (κ2) is 9.64. The van der Waals surface area contributed by atoms with E-state index in [0.717, 1.165) is 18.7 Å². The smallest absolute Gasteiger partial charge is 0.319 e. The number of amides is 2. The van der Waals surface area contributed by atoms with E-state index in [2.05, 4.69) is 20.5 Å². The number of methoxy groups -OCH3 is 1. The highest BCUT2D eigenvalue weighted by atomic mass is 35.5. The van der Waals surface area contributed by atoms with Crippen LogP contribution in [0, 0.1) is 0 Å². The highest BCUT2D eigenvalue weighted by Crippen LogP contribution is 2.28. The van der Waals surface area contributed by atoms with Gasteiger partial charge in [-0.25, -0.2) is 4.79 Å². The number of β-amino-alcohol motifs (C(OH)–C–C–N with tert-alkyl or cyclic N) is 1. The molecule has 1 aliphatic heterocycles. The van der Waals surface area contributed by atoms with Crippen LogP contribution in [-0.4, -0.2) is 59.4 Å². The number of anilines is 1. The van der Waals surface area contributed by atoms with E-state index in [1.54, 1.807) is 51.4 Å². The molecule has 3 N–H and O–H groups in total. The first kappa shape index (κ1) is 22.3. The summed E-state index contributed by atoms with van der Waals surface area (Å²) in [5.74, 6) is 0.677. The summed E-state index contributed by atoms with van der Waals surface area (Å²) in [5, 5.41) is 16.8. The zero-order valence-electron chi connectivity index (χ0n) is 17.6. The van der Waals surface area contributed by atoms with Gasteiger partial charge >= 0.3 is 6.03 Å². The topological polar surface area (TPSA) is 86.7 Å². The van der Waals surface area contributed by atoms with E-state index in [-0.39, 0.29) is 18.0 Å². The maximum atomic E-state index is 12.6. The van der Waals surface area contributed by atoms with Gasteiger partial charge in [0.25, 0.3) is 0 Å². The van der Waals surface area contributed by atoms with Crippen molar-refractivity contribution in [1.29, 1.82) is 0 Å². The second-order valence-corrected chi connectivity index (χ2v) is 8.71. The molecule has 3 rings (SSSR count). The number of aromatic nitrogens is 1. The van der Waals surface area contributed by atoms with Crippen molar-refractivity contribution in [3.63, 3.8) is 0 Å². The Bertz CT molecular complexity index is 837. The maximum absolute atomic E-state index is 12.6. The minimum Gasteiger partial charge on any atom is -0.495 e. The summed E-state index contributed by atoms with van der Waals surface area (Å²) in [6.07, 6.45) is 2.44. The maximum Gasteiger partial charge on any atom is 0.319 e.